The predicted octanol–water partition coefficient (Wildman–Crippen LogP) is 3.66. The van der Waals surface area contributed by atoms with Crippen molar-refractivity contribution in [2.45, 2.75) is 52.0 Å². The maximum absolute atomic E-state index is 6.13. The summed E-state index contributed by atoms with van der Waals surface area (Å²) in [5.41, 5.74) is 1.16. The maximum atomic E-state index is 6.13. The molecule has 0 radical (unpaired) electrons. The lowest BCUT2D eigenvalue weighted by Crippen LogP contribution is -2.14. The van der Waals surface area contributed by atoms with Gasteiger partial charge < -0.3 is 0 Å². The topological polar surface area (TPSA) is 17.8 Å². The van der Waals surface area contributed by atoms with Crippen LogP contribution in [0.5, 0.6) is 0 Å². The molecule has 0 aromatic carbocycles. The quantitative estimate of drug-likeness (QED) is 0.704. The second-order valence-corrected chi connectivity index (χ2v) is 5.12. The summed E-state index contributed by atoms with van der Waals surface area (Å²) >= 11 is 6.13. The van der Waals surface area contributed by atoms with Crippen LogP contribution in [0.15, 0.2) is 12.3 Å². The van der Waals surface area contributed by atoms with Crippen LogP contribution in [0, 0.1) is 5.92 Å². The van der Waals surface area contributed by atoms with Crippen LogP contribution < -0.4 is 0 Å². The van der Waals surface area contributed by atoms with Crippen LogP contribution in [0.4, 0.5) is 0 Å². The summed E-state index contributed by atoms with van der Waals surface area (Å²) in [6.45, 7) is 8.52. The molecule has 0 aliphatic rings. The first-order valence-corrected chi connectivity index (χ1v) is 6.16. The molecule has 0 amide bonds. The summed E-state index contributed by atoms with van der Waals surface area (Å²) in [5, 5.41) is 4.76. The van der Waals surface area contributed by atoms with Gasteiger partial charge in [0.2, 0.25) is 0 Å². The standard InChI is InChI=1S/C12H21ClN2/c1-5-11(10(4)13)8-12-6-7-15(14-12)9(2)3/h6-7,9-11H,5,8H2,1-4H3. The third-order valence-electron chi connectivity index (χ3n) is 2.84. The molecule has 0 saturated heterocycles. The Hall–Kier alpha value is -0.500. The van der Waals surface area contributed by atoms with E-state index >= 15 is 0 Å². The number of hydrogen-bond donors (Lipinski definition) is 0. The second-order valence-electron chi connectivity index (χ2n) is 4.43. The Morgan fingerprint density at radius 2 is 2.07 bits per heavy atom. The molecule has 1 rings (SSSR count). The van der Waals surface area contributed by atoms with Crippen LogP contribution in [-0.2, 0) is 6.42 Å². The van der Waals surface area contributed by atoms with Crippen molar-refractivity contribution in [1.82, 2.24) is 9.78 Å². The molecular weight excluding hydrogens is 208 g/mol. The van der Waals surface area contributed by atoms with Crippen LogP contribution in [0.25, 0.3) is 0 Å². The SMILES string of the molecule is CCC(Cc1ccn(C(C)C)n1)C(C)Cl. The zero-order chi connectivity index (χ0) is 11.4. The fraction of sp³-hybridized carbons (Fsp3) is 0.750. The lowest BCUT2D eigenvalue weighted by atomic mass is 9.97. The van der Waals surface area contributed by atoms with Gasteiger partial charge in [0.05, 0.1) is 5.69 Å². The molecule has 0 N–H and O–H groups in total. The fourth-order valence-corrected chi connectivity index (χ4v) is 1.94. The molecule has 1 aromatic heterocycles. The van der Waals surface area contributed by atoms with E-state index in [0.29, 0.717) is 12.0 Å². The van der Waals surface area contributed by atoms with Crippen molar-refractivity contribution in [2.24, 2.45) is 5.92 Å². The molecule has 0 fully saturated rings. The molecule has 0 saturated carbocycles. The van der Waals surface area contributed by atoms with Gasteiger partial charge in [-0.05, 0) is 39.2 Å². The van der Waals surface area contributed by atoms with E-state index in [0.717, 1.165) is 18.5 Å². The van der Waals surface area contributed by atoms with Crippen molar-refractivity contribution in [1.29, 1.82) is 0 Å². The Balaban J connectivity index is 2.63. The van der Waals surface area contributed by atoms with E-state index in [1.54, 1.807) is 0 Å². The number of halogens is 1. The van der Waals surface area contributed by atoms with E-state index in [1.807, 2.05) is 10.9 Å². The summed E-state index contributed by atoms with van der Waals surface area (Å²) < 4.78 is 2.00. The monoisotopic (exact) mass is 228 g/mol. The van der Waals surface area contributed by atoms with Crippen LogP contribution in [0.1, 0.15) is 45.9 Å². The average Bonchev–Trinajstić information content (AvgIpc) is 2.61. The molecule has 2 unspecified atom stereocenters. The van der Waals surface area contributed by atoms with Gasteiger partial charge in [-0.25, -0.2) is 0 Å². The van der Waals surface area contributed by atoms with E-state index in [9.17, 15) is 0 Å². The third kappa shape index (κ3) is 3.53. The number of aromatic nitrogens is 2. The smallest absolute Gasteiger partial charge is 0.0628 e. The highest BCUT2D eigenvalue weighted by Crippen LogP contribution is 2.19. The Morgan fingerprint density at radius 3 is 2.47 bits per heavy atom. The molecule has 1 heterocycles. The minimum Gasteiger partial charge on any atom is -0.270 e. The minimum atomic E-state index is 0.221. The van der Waals surface area contributed by atoms with Gasteiger partial charge in [0.15, 0.2) is 0 Å². The highest BCUT2D eigenvalue weighted by atomic mass is 35.5. The Labute approximate surface area is 97.6 Å². The van der Waals surface area contributed by atoms with Gasteiger partial charge >= 0.3 is 0 Å². The van der Waals surface area contributed by atoms with Gasteiger partial charge in [0, 0.05) is 17.6 Å². The zero-order valence-electron chi connectivity index (χ0n) is 10.1. The van der Waals surface area contributed by atoms with Gasteiger partial charge in [-0.15, -0.1) is 11.6 Å². The van der Waals surface area contributed by atoms with Crippen LogP contribution >= 0.6 is 11.6 Å². The molecular formula is C12H21ClN2. The van der Waals surface area contributed by atoms with Gasteiger partial charge in [-0.3, -0.25) is 4.68 Å². The normalized spacial score (nSPS) is 15.6. The van der Waals surface area contributed by atoms with Crippen molar-refractivity contribution >= 4 is 11.6 Å². The second kappa shape index (κ2) is 5.55. The van der Waals surface area contributed by atoms with Crippen molar-refractivity contribution in [2.75, 3.05) is 0 Å². The average molecular weight is 229 g/mol. The molecule has 0 bridgehead atoms. The summed E-state index contributed by atoms with van der Waals surface area (Å²) in [7, 11) is 0. The maximum Gasteiger partial charge on any atom is 0.0628 e. The Bertz CT molecular complexity index is 292. The molecule has 3 heteroatoms. The largest absolute Gasteiger partial charge is 0.270 e. The third-order valence-corrected chi connectivity index (χ3v) is 3.19. The first-order chi connectivity index (χ1) is 7.04. The zero-order valence-corrected chi connectivity index (χ0v) is 10.8. The van der Waals surface area contributed by atoms with E-state index in [4.69, 9.17) is 11.6 Å². The summed E-state index contributed by atoms with van der Waals surface area (Å²) in [6, 6.07) is 2.54. The summed E-state index contributed by atoms with van der Waals surface area (Å²) in [5.74, 6) is 0.530. The number of alkyl halides is 1. The summed E-state index contributed by atoms with van der Waals surface area (Å²) in [6.07, 6.45) is 4.14. The van der Waals surface area contributed by atoms with Crippen molar-refractivity contribution in [3.05, 3.63) is 18.0 Å². The molecule has 0 aliphatic carbocycles. The highest BCUT2D eigenvalue weighted by molar-refractivity contribution is 6.20. The Kier molecular flexibility index (Phi) is 4.65. The van der Waals surface area contributed by atoms with Gasteiger partial charge in [-0.1, -0.05) is 13.3 Å². The fourth-order valence-electron chi connectivity index (χ4n) is 1.67. The Morgan fingerprint density at radius 1 is 1.40 bits per heavy atom. The minimum absolute atomic E-state index is 0.221. The lowest BCUT2D eigenvalue weighted by molar-refractivity contribution is 0.476. The van der Waals surface area contributed by atoms with Gasteiger partial charge in [0.1, 0.15) is 0 Å². The molecule has 2 atom stereocenters. The lowest BCUT2D eigenvalue weighted by Gasteiger charge is -2.15. The van der Waals surface area contributed by atoms with Crippen LogP contribution in [0.2, 0.25) is 0 Å². The number of rotatable bonds is 5. The van der Waals surface area contributed by atoms with Crippen molar-refractivity contribution in [3.63, 3.8) is 0 Å². The molecule has 0 aliphatic heterocycles. The van der Waals surface area contributed by atoms with E-state index in [1.165, 1.54) is 0 Å². The molecule has 15 heavy (non-hydrogen) atoms. The first-order valence-electron chi connectivity index (χ1n) is 5.72. The predicted molar refractivity (Wildman–Crippen MR) is 65.4 cm³/mol. The molecule has 0 spiro atoms. The molecule has 86 valence electrons. The number of hydrogen-bond acceptors (Lipinski definition) is 1. The van der Waals surface area contributed by atoms with Crippen molar-refractivity contribution in [3.8, 4) is 0 Å². The van der Waals surface area contributed by atoms with Crippen LogP contribution in [0.3, 0.4) is 0 Å². The van der Waals surface area contributed by atoms with E-state index < -0.39 is 0 Å². The summed E-state index contributed by atoms with van der Waals surface area (Å²) in [4.78, 5) is 0. The molecule has 2 nitrogen and oxygen atoms in total. The van der Waals surface area contributed by atoms with Gasteiger partial charge in [-0.2, -0.15) is 5.10 Å². The van der Waals surface area contributed by atoms with E-state index in [2.05, 4.69) is 38.9 Å². The van der Waals surface area contributed by atoms with Crippen molar-refractivity contribution < 1.29 is 0 Å². The highest BCUT2D eigenvalue weighted by Gasteiger charge is 2.15. The van der Waals surface area contributed by atoms with Crippen LogP contribution in [-0.4, -0.2) is 15.2 Å². The van der Waals surface area contributed by atoms with Gasteiger partial charge in [0.25, 0.3) is 0 Å². The first kappa shape index (κ1) is 12.6. The van der Waals surface area contributed by atoms with E-state index in [-0.39, 0.29) is 5.38 Å². The number of nitrogens with zero attached hydrogens (tertiary/aromatic N) is 2. The molecule has 1 aromatic rings.